The van der Waals surface area contributed by atoms with E-state index >= 15 is 0 Å². The third-order valence-electron chi connectivity index (χ3n) is 6.18. The maximum atomic E-state index is 13.5. The van der Waals surface area contributed by atoms with Crippen molar-refractivity contribution in [3.05, 3.63) is 65.9 Å². The number of aryl methyl sites for hydroxylation is 1. The first-order valence-electron chi connectivity index (χ1n) is 11.2. The molecule has 1 aliphatic rings. The van der Waals surface area contributed by atoms with Crippen LogP contribution in [0.2, 0.25) is 0 Å². The molecular formula is C25H24F3N3O5. The number of fused-ring (bicyclic) bond motifs is 1. The summed E-state index contributed by atoms with van der Waals surface area (Å²) in [6, 6.07) is 13.6. The summed E-state index contributed by atoms with van der Waals surface area (Å²) in [7, 11) is 0. The van der Waals surface area contributed by atoms with Crippen LogP contribution in [0.4, 0.5) is 18.9 Å². The van der Waals surface area contributed by atoms with E-state index in [0.29, 0.717) is 10.6 Å². The van der Waals surface area contributed by atoms with Gasteiger partial charge in [-0.3, -0.25) is 19.8 Å². The lowest BCUT2D eigenvalue weighted by Crippen LogP contribution is -2.51. The van der Waals surface area contributed by atoms with Crippen LogP contribution in [0.15, 0.2) is 54.6 Å². The highest BCUT2D eigenvalue weighted by Gasteiger charge is 2.50. The average Bonchev–Trinajstić information content (AvgIpc) is 3.23. The van der Waals surface area contributed by atoms with Crippen molar-refractivity contribution in [3.63, 3.8) is 0 Å². The highest BCUT2D eigenvalue weighted by Crippen LogP contribution is 2.37. The summed E-state index contributed by atoms with van der Waals surface area (Å²) in [6.07, 6.45) is -6.78. The van der Waals surface area contributed by atoms with Crippen molar-refractivity contribution in [2.24, 2.45) is 5.92 Å². The fraction of sp³-hybridized carbons (Fsp3) is 0.320. The van der Waals surface area contributed by atoms with Gasteiger partial charge in [0.2, 0.25) is 5.91 Å². The third-order valence-corrected chi connectivity index (χ3v) is 6.18. The number of anilines is 1. The predicted octanol–water partition coefficient (Wildman–Crippen LogP) is 3.66. The van der Waals surface area contributed by atoms with Crippen LogP contribution >= 0.6 is 0 Å². The van der Waals surface area contributed by atoms with E-state index < -0.39 is 36.1 Å². The van der Waals surface area contributed by atoms with Crippen molar-refractivity contribution in [2.45, 2.75) is 44.7 Å². The Labute approximate surface area is 204 Å². The molecule has 1 aliphatic carbocycles. The number of aliphatic hydroxyl groups excluding tert-OH is 1. The molecule has 0 spiro atoms. The van der Waals surface area contributed by atoms with E-state index in [2.05, 4.69) is 4.98 Å². The number of alkyl halides is 3. The predicted molar refractivity (Wildman–Crippen MR) is 123 cm³/mol. The first-order chi connectivity index (χ1) is 17.1. The number of nitrogens with one attached hydrogen (secondary N) is 1. The second-order valence-corrected chi connectivity index (χ2v) is 8.67. The number of hydrogen-bond donors (Lipinski definition) is 3. The summed E-state index contributed by atoms with van der Waals surface area (Å²) in [5.41, 5.74) is 3.79. The highest BCUT2D eigenvalue weighted by atomic mass is 19.4. The lowest BCUT2D eigenvalue weighted by atomic mass is 10.00. The van der Waals surface area contributed by atoms with Gasteiger partial charge in [-0.15, -0.1) is 0 Å². The van der Waals surface area contributed by atoms with E-state index in [4.69, 9.17) is 9.94 Å². The minimum atomic E-state index is -5.22. The van der Waals surface area contributed by atoms with Crippen LogP contribution in [0.1, 0.15) is 24.1 Å². The average molecular weight is 503 g/mol. The Kier molecular flexibility index (Phi) is 7.14. The molecule has 2 aromatic carbocycles. The van der Waals surface area contributed by atoms with Gasteiger partial charge < -0.3 is 14.7 Å². The highest BCUT2D eigenvalue weighted by molar-refractivity contribution is 5.99. The molecule has 190 valence electrons. The molecule has 0 bridgehead atoms. The van der Waals surface area contributed by atoms with Crippen molar-refractivity contribution in [2.75, 3.05) is 4.90 Å². The number of aliphatic hydroxyl groups is 1. The van der Waals surface area contributed by atoms with Gasteiger partial charge in [-0.25, -0.2) is 5.48 Å². The Bertz CT molecular complexity index is 1270. The largest absolute Gasteiger partial charge is 0.489 e. The number of rotatable bonds is 6. The van der Waals surface area contributed by atoms with Gasteiger partial charge in [0.05, 0.1) is 23.6 Å². The monoisotopic (exact) mass is 503 g/mol. The fourth-order valence-corrected chi connectivity index (χ4v) is 4.61. The number of halogens is 3. The fourth-order valence-electron chi connectivity index (χ4n) is 4.61. The van der Waals surface area contributed by atoms with Crippen LogP contribution in [-0.2, 0) is 16.2 Å². The molecular weight excluding hydrogens is 479 g/mol. The number of carbonyl (C=O) groups is 2. The van der Waals surface area contributed by atoms with Crippen molar-refractivity contribution < 1.29 is 37.8 Å². The van der Waals surface area contributed by atoms with Gasteiger partial charge >= 0.3 is 12.1 Å². The van der Waals surface area contributed by atoms with Gasteiger partial charge in [0.15, 0.2) is 0 Å². The van der Waals surface area contributed by atoms with E-state index in [1.54, 1.807) is 0 Å². The van der Waals surface area contributed by atoms with Crippen LogP contribution in [0.25, 0.3) is 10.9 Å². The zero-order valence-electron chi connectivity index (χ0n) is 19.2. The number of ether oxygens (including phenoxy) is 1. The molecule has 3 atom stereocenters. The second kappa shape index (κ2) is 10.1. The number of pyridine rings is 1. The number of benzene rings is 2. The molecule has 4 rings (SSSR count). The molecule has 1 heterocycles. The van der Waals surface area contributed by atoms with Gasteiger partial charge in [0.1, 0.15) is 12.4 Å². The standard InChI is InChI=1S/C25H24F3N3O5/c1-14-10-15(19-4-2-3-5-21(19)29-14)13-36-18-8-6-16(7-9-18)31(24(34)25(26,27)28)22-12-17(32)11-20(22)23(33)30-35/h2-10,17,20,22,32,35H,11-13H2,1H3,(H,30,33)/t17-,20+,22+/m0/s1. The summed E-state index contributed by atoms with van der Waals surface area (Å²) >= 11 is 0. The first kappa shape index (κ1) is 25.4. The first-order valence-corrected chi connectivity index (χ1v) is 11.2. The number of amides is 2. The lowest BCUT2D eigenvalue weighted by molar-refractivity contribution is -0.171. The van der Waals surface area contributed by atoms with Crippen LogP contribution in [0.5, 0.6) is 5.75 Å². The Morgan fingerprint density at radius 2 is 1.83 bits per heavy atom. The molecule has 3 aromatic rings. The zero-order valence-corrected chi connectivity index (χ0v) is 19.2. The summed E-state index contributed by atoms with van der Waals surface area (Å²) in [4.78, 5) is 29.3. The maximum Gasteiger partial charge on any atom is 0.471 e. The third kappa shape index (κ3) is 5.26. The second-order valence-electron chi connectivity index (χ2n) is 8.67. The number of hydroxylamine groups is 1. The lowest BCUT2D eigenvalue weighted by Gasteiger charge is -2.32. The molecule has 0 saturated heterocycles. The van der Waals surface area contributed by atoms with E-state index in [9.17, 15) is 27.9 Å². The van der Waals surface area contributed by atoms with E-state index in [0.717, 1.165) is 22.2 Å². The quantitative estimate of drug-likeness (QED) is 0.350. The van der Waals surface area contributed by atoms with Gasteiger partial charge in [0, 0.05) is 22.3 Å². The van der Waals surface area contributed by atoms with Gasteiger partial charge in [-0.2, -0.15) is 13.2 Å². The normalized spacial score (nSPS) is 19.8. The van der Waals surface area contributed by atoms with Gasteiger partial charge in [0.25, 0.3) is 0 Å². The summed E-state index contributed by atoms with van der Waals surface area (Å²) in [6.45, 7) is 2.04. The minimum Gasteiger partial charge on any atom is -0.489 e. The number of hydrogen-bond acceptors (Lipinski definition) is 6. The minimum absolute atomic E-state index is 0.121. The van der Waals surface area contributed by atoms with Crippen molar-refractivity contribution >= 4 is 28.4 Å². The number of para-hydroxylation sites is 1. The van der Waals surface area contributed by atoms with Crippen LogP contribution in [-0.4, -0.2) is 45.4 Å². The summed E-state index contributed by atoms with van der Waals surface area (Å²) < 4.78 is 46.2. The van der Waals surface area contributed by atoms with E-state index in [-0.39, 0.29) is 25.1 Å². The van der Waals surface area contributed by atoms with E-state index in [1.807, 2.05) is 37.3 Å². The molecule has 0 aliphatic heterocycles. The molecule has 8 nitrogen and oxygen atoms in total. The molecule has 11 heteroatoms. The van der Waals surface area contributed by atoms with Crippen molar-refractivity contribution in [1.29, 1.82) is 0 Å². The van der Waals surface area contributed by atoms with Crippen molar-refractivity contribution in [1.82, 2.24) is 10.5 Å². The van der Waals surface area contributed by atoms with Gasteiger partial charge in [-0.05, 0) is 56.2 Å². The van der Waals surface area contributed by atoms with Crippen LogP contribution in [0, 0.1) is 12.8 Å². The molecule has 1 aromatic heterocycles. The molecule has 0 unspecified atom stereocenters. The smallest absolute Gasteiger partial charge is 0.471 e. The number of aromatic nitrogens is 1. The van der Waals surface area contributed by atoms with Crippen LogP contribution in [0.3, 0.4) is 0 Å². The number of nitrogens with zero attached hydrogens (tertiary/aromatic N) is 2. The van der Waals surface area contributed by atoms with Crippen molar-refractivity contribution in [3.8, 4) is 5.75 Å². The molecule has 36 heavy (non-hydrogen) atoms. The SMILES string of the molecule is Cc1cc(COc2ccc(N(C(=O)C(F)(F)F)[C@@H]3C[C@@H](O)C[C@H]3C(=O)NO)cc2)c2ccccc2n1. The summed E-state index contributed by atoms with van der Waals surface area (Å²) in [5.74, 6) is -4.02. The Hall–Kier alpha value is -3.70. The Morgan fingerprint density at radius 3 is 2.50 bits per heavy atom. The topological polar surface area (TPSA) is 112 Å². The Balaban J connectivity index is 1.59. The van der Waals surface area contributed by atoms with E-state index in [1.165, 1.54) is 29.7 Å². The maximum absolute atomic E-state index is 13.5. The molecule has 1 saturated carbocycles. The molecule has 1 fully saturated rings. The number of carbonyl (C=O) groups excluding carboxylic acids is 2. The van der Waals surface area contributed by atoms with Gasteiger partial charge in [-0.1, -0.05) is 18.2 Å². The summed E-state index contributed by atoms with van der Waals surface area (Å²) in [5, 5.41) is 19.9. The molecule has 3 N–H and O–H groups in total. The Morgan fingerprint density at radius 1 is 1.14 bits per heavy atom. The molecule has 0 radical (unpaired) electrons. The zero-order chi connectivity index (χ0) is 26.0. The van der Waals surface area contributed by atoms with Crippen LogP contribution < -0.4 is 15.1 Å². The molecule has 2 amide bonds.